The Morgan fingerprint density at radius 3 is 2.36 bits per heavy atom. The van der Waals surface area contributed by atoms with Crippen LogP contribution < -0.4 is 10.9 Å². The van der Waals surface area contributed by atoms with Gasteiger partial charge in [0, 0.05) is 11.1 Å². The summed E-state index contributed by atoms with van der Waals surface area (Å²) in [6.07, 6.45) is 4.74. The third kappa shape index (κ3) is 4.73. The lowest BCUT2D eigenvalue weighted by molar-refractivity contribution is 0.598. The van der Waals surface area contributed by atoms with E-state index in [0.29, 0.717) is 11.1 Å². The first-order valence-corrected chi connectivity index (χ1v) is 10.2. The van der Waals surface area contributed by atoms with Crippen LogP contribution in [0.3, 0.4) is 0 Å². The number of benzene rings is 3. The van der Waals surface area contributed by atoms with E-state index in [-0.39, 0.29) is 10.7 Å². The molecular formula is C22H21N3O2S. The molecule has 6 heteroatoms. The van der Waals surface area contributed by atoms with E-state index in [1.165, 1.54) is 6.07 Å². The van der Waals surface area contributed by atoms with Gasteiger partial charge in [-0.05, 0) is 35.2 Å². The Hall–Kier alpha value is -3.22. The summed E-state index contributed by atoms with van der Waals surface area (Å²) in [5.74, 6) is 0.0469. The summed E-state index contributed by atoms with van der Waals surface area (Å²) in [5.41, 5.74) is 9.67. The molecule has 3 rings (SSSR count). The third-order valence-corrected chi connectivity index (χ3v) is 5.29. The first-order valence-electron chi connectivity index (χ1n) is 8.67. The van der Waals surface area contributed by atoms with E-state index < -0.39 is 10.0 Å². The highest BCUT2D eigenvalue weighted by Gasteiger charge is 2.14. The Morgan fingerprint density at radius 2 is 1.68 bits per heavy atom. The predicted octanol–water partition coefficient (Wildman–Crippen LogP) is 3.54. The van der Waals surface area contributed by atoms with Gasteiger partial charge in [0.15, 0.2) is 0 Å². The molecule has 28 heavy (non-hydrogen) atoms. The van der Waals surface area contributed by atoms with Crippen molar-refractivity contribution < 1.29 is 8.42 Å². The molecule has 0 atom stereocenters. The summed E-state index contributed by atoms with van der Waals surface area (Å²) >= 11 is 0. The summed E-state index contributed by atoms with van der Waals surface area (Å²) in [7, 11) is -3.78. The molecule has 0 aliphatic heterocycles. The van der Waals surface area contributed by atoms with Crippen molar-refractivity contribution in [3.8, 4) is 11.1 Å². The molecule has 0 saturated heterocycles. The first-order chi connectivity index (χ1) is 13.3. The van der Waals surface area contributed by atoms with E-state index >= 15 is 0 Å². The van der Waals surface area contributed by atoms with Crippen LogP contribution in [0.15, 0.2) is 83.8 Å². The number of nitrogens with two attached hydrogens (primary N) is 2. The van der Waals surface area contributed by atoms with Gasteiger partial charge in [-0.15, -0.1) is 0 Å². The zero-order chi connectivity index (χ0) is 20.1. The van der Waals surface area contributed by atoms with Crippen LogP contribution >= 0.6 is 0 Å². The molecule has 142 valence electrons. The molecule has 5 N–H and O–H groups in total. The van der Waals surface area contributed by atoms with Gasteiger partial charge in [-0.1, -0.05) is 72.8 Å². The van der Waals surface area contributed by atoms with E-state index in [9.17, 15) is 8.42 Å². The Kier molecular flexibility index (Phi) is 5.73. The second-order valence-electron chi connectivity index (χ2n) is 6.38. The van der Waals surface area contributed by atoms with E-state index in [1.807, 2.05) is 54.6 Å². The summed E-state index contributed by atoms with van der Waals surface area (Å²) in [6.45, 7) is 0. The number of rotatable bonds is 6. The normalized spacial score (nSPS) is 11.6. The SMILES string of the molecule is N=C(N)c1cccc(/C=C\Cc2ccc(-c3ccccc3S(N)(=O)=O)cc2)c1. The maximum Gasteiger partial charge on any atom is 0.238 e. The average Bonchev–Trinajstić information content (AvgIpc) is 2.68. The summed E-state index contributed by atoms with van der Waals surface area (Å²) < 4.78 is 23.6. The molecule has 0 aliphatic carbocycles. The van der Waals surface area contributed by atoms with Gasteiger partial charge in [0.2, 0.25) is 10.0 Å². The van der Waals surface area contributed by atoms with Crippen molar-refractivity contribution in [3.05, 3.63) is 95.6 Å². The lowest BCUT2D eigenvalue weighted by atomic mass is 10.0. The summed E-state index contributed by atoms with van der Waals surface area (Å²) in [4.78, 5) is 0.119. The monoisotopic (exact) mass is 391 g/mol. The average molecular weight is 391 g/mol. The number of hydrogen-bond donors (Lipinski definition) is 3. The minimum Gasteiger partial charge on any atom is -0.384 e. The molecule has 0 spiro atoms. The van der Waals surface area contributed by atoms with Crippen LogP contribution in [0.2, 0.25) is 0 Å². The van der Waals surface area contributed by atoms with E-state index in [2.05, 4.69) is 0 Å². The highest BCUT2D eigenvalue weighted by Crippen LogP contribution is 2.26. The van der Waals surface area contributed by atoms with Gasteiger partial charge in [0.25, 0.3) is 0 Å². The molecule has 0 heterocycles. The standard InChI is InChI=1S/C22H21N3O2S/c23-22(24)19-8-4-7-17(15-19)6-3-5-16-11-13-18(14-12-16)20-9-1-2-10-21(20)28(25,26)27/h1-4,6-15H,5H2,(H3,23,24)(H2,25,26,27)/b6-3-. The number of allylic oxidation sites excluding steroid dienone is 1. The number of nitrogens with one attached hydrogen (secondary N) is 1. The fourth-order valence-electron chi connectivity index (χ4n) is 2.91. The second kappa shape index (κ2) is 8.21. The molecule has 0 saturated carbocycles. The van der Waals surface area contributed by atoms with Gasteiger partial charge in [-0.2, -0.15) is 0 Å². The lowest BCUT2D eigenvalue weighted by Gasteiger charge is -2.08. The van der Waals surface area contributed by atoms with Gasteiger partial charge in [-0.3, -0.25) is 5.41 Å². The third-order valence-electron chi connectivity index (χ3n) is 4.32. The number of nitrogen functional groups attached to an aromatic ring is 1. The molecule has 3 aromatic rings. The molecule has 0 radical (unpaired) electrons. The predicted molar refractivity (Wildman–Crippen MR) is 113 cm³/mol. The summed E-state index contributed by atoms with van der Waals surface area (Å²) in [5, 5.41) is 12.8. The molecule has 0 amide bonds. The van der Waals surface area contributed by atoms with Crippen molar-refractivity contribution in [2.45, 2.75) is 11.3 Å². The maximum absolute atomic E-state index is 11.8. The molecule has 0 unspecified atom stereocenters. The Balaban J connectivity index is 1.76. The fraction of sp³-hybridized carbons (Fsp3) is 0.0455. The van der Waals surface area contributed by atoms with Crippen molar-refractivity contribution >= 4 is 21.9 Å². The number of sulfonamides is 1. The minimum atomic E-state index is -3.78. The fourth-order valence-corrected chi connectivity index (χ4v) is 3.68. The Labute approximate surface area is 164 Å². The summed E-state index contributed by atoms with van der Waals surface area (Å²) in [6, 6.07) is 21.9. The Bertz CT molecular complexity index is 1130. The Morgan fingerprint density at radius 1 is 0.964 bits per heavy atom. The quantitative estimate of drug-likeness (QED) is 0.441. The van der Waals surface area contributed by atoms with Crippen LogP contribution in [-0.4, -0.2) is 14.3 Å². The topological polar surface area (TPSA) is 110 Å². The lowest BCUT2D eigenvalue weighted by Crippen LogP contribution is -2.13. The van der Waals surface area contributed by atoms with Gasteiger partial charge in [0.1, 0.15) is 5.84 Å². The smallest absolute Gasteiger partial charge is 0.238 e. The number of amidine groups is 1. The molecule has 0 aliphatic rings. The highest BCUT2D eigenvalue weighted by molar-refractivity contribution is 7.89. The molecule has 0 bridgehead atoms. The van der Waals surface area contributed by atoms with Crippen molar-refractivity contribution in [3.63, 3.8) is 0 Å². The van der Waals surface area contributed by atoms with Gasteiger partial charge in [0.05, 0.1) is 4.90 Å². The largest absolute Gasteiger partial charge is 0.384 e. The molecule has 5 nitrogen and oxygen atoms in total. The molecule has 0 aromatic heterocycles. The van der Waals surface area contributed by atoms with Gasteiger partial charge in [-0.25, -0.2) is 13.6 Å². The highest BCUT2D eigenvalue weighted by atomic mass is 32.2. The van der Waals surface area contributed by atoms with Gasteiger partial charge >= 0.3 is 0 Å². The first kappa shape index (κ1) is 19.5. The minimum absolute atomic E-state index is 0.0469. The zero-order valence-electron chi connectivity index (χ0n) is 15.2. The molecule has 0 fully saturated rings. The van der Waals surface area contributed by atoms with Crippen molar-refractivity contribution in [2.75, 3.05) is 0 Å². The van der Waals surface area contributed by atoms with E-state index in [0.717, 1.165) is 23.1 Å². The molecule has 3 aromatic carbocycles. The molecular weight excluding hydrogens is 370 g/mol. The van der Waals surface area contributed by atoms with E-state index in [4.69, 9.17) is 16.3 Å². The van der Waals surface area contributed by atoms with Crippen LogP contribution in [0, 0.1) is 5.41 Å². The van der Waals surface area contributed by atoms with Crippen LogP contribution in [-0.2, 0) is 16.4 Å². The van der Waals surface area contributed by atoms with Crippen LogP contribution in [0.1, 0.15) is 16.7 Å². The van der Waals surface area contributed by atoms with Crippen molar-refractivity contribution in [1.82, 2.24) is 0 Å². The van der Waals surface area contributed by atoms with Crippen LogP contribution in [0.5, 0.6) is 0 Å². The van der Waals surface area contributed by atoms with Gasteiger partial charge < -0.3 is 5.73 Å². The van der Waals surface area contributed by atoms with E-state index in [1.54, 1.807) is 24.3 Å². The number of hydrogen-bond acceptors (Lipinski definition) is 3. The second-order valence-corrected chi connectivity index (χ2v) is 7.91. The number of primary sulfonamides is 1. The zero-order valence-corrected chi connectivity index (χ0v) is 16.0. The maximum atomic E-state index is 11.8. The van der Waals surface area contributed by atoms with Crippen molar-refractivity contribution in [1.29, 1.82) is 5.41 Å². The van der Waals surface area contributed by atoms with Crippen LogP contribution in [0.4, 0.5) is 0 Å². The van der Waals surface area contributed by atoms with Crippen molar-refractivity contribution in [2.24, 2.45) is 10.9 Å². The van der Waals surface area contributed by atoms with Crippen LogP contribution in [0.25, 0.3) is 17.2 Å².